The van der Waals surface area contributed by atoms with Gasteiger partial charge in [-0.25, -0.2) is 4.39 Å². The number of pyridine rings is 1. The summed E-state index contributed by atoms with van der Waals surface area (Å²) in [4.78, 5) is 5.44. The largest absolute Gasteiger partial charge is 0.384 e. The molecule has 0 aliphatic rings. The third-order valence-electron chi connectivity index (χ3n) is 4.03. The highest BCUT2D eigenvalue weighted by atomic mass is 19.1. The van der Waals surface area contributed by atoms with Gasteiger partial charge in [0.25, 0.3) is 0 Å². The fraction of sp³-hybridized carbons (Fsp3) is 0.0526. The minimum Gasteiger partial charge on any atom is -0.384 e. The van der Waals surface area contributed by atoms with Crippen molar-refractivity contribution in [2.75, 3.05) is 5.73 Å². The zero-order chi connectivity index (χ0) is 18.8. The SMILES string of the molecule is C/C=C\c1ccn(-c2ccc(-n3nnc(-c4ccccn4)n3)cc2F)c1N. The van der Waals surface area contributed by atoms with E-state index in [0.717, 1.165) is 5.56 Å². The summed E-state index contributed by atoms with van der Waals surface area (Å²) in [7, 11) is 0. The molecule has 0 bridgehead atoms. The number of anilines is 1. The van der Waals surface area contributed by atoms with Gasteiger partial charge in [-0.3, -0.25) is 4.98 Å². The highest BCUT2D eigenvalue weighted by Crippen LogP contribution is 2.24. The third-order valence-corrected chi connectivity index (χ3v) is 4.03. The van der Waals surface area contributed by atoms with E-state index in [1.54, 1.807) is 41.2 Å². The second kappa shape index (κ2) is 6.83. The van der Waals surface area contributed by atoms with Crippen LogP contribution in [0, 0.1) is 5.82 Å². The minimum atomic E-state index is -0.446. The maximum atomic E-state index is 14.7. The standard InChI is InChI=1S/C19H16FN7/c1-2-5-13-9-11-26(18(13)21)17-8-7-14(12-15(17)20)27-24-19(23-25-27)16-6-3-4-10-22-16/h2-12H,21H2,1H3/b5-2-. The topological polar surface area (TPSA) is 87.4 Å². The van der Waals surface area contributed by atoms with E-state index in [1.807, 2.05) is 31.2 Å². The summed E-state index contributed by atoms with van der Waals surface area (Å²) >= 11 is 0. The van der Waals surface area contributed by atoms with E-state index >= 15 is 0 Å². The predicted octanol–water partition coefficient (Wildman–Crippen LogP) is 3.27. The molecule has 1 aromatic carbocycles. The van der Waals surface area contributed by atoms with Crippen LogP contribution >= 0.6 is 0 Å². The smallest absolute Gasteiger partial charge is 0.223 e. The Balaban J connectivity index is 1.68. The highest BCUT2D eigenvalue weighted by Gasteiger charge is 2.13. The number of hydrogen-bond acceptors (Lipinski definition) is 5. The van der Waals surface area contributed by atoms with Crippen LogP contribution in [0.1, 0.15) is 12.5 Å². The summed E-state index contributed by atoms with van der Waals surface area (Å²) in [6.45, 7) is 1.90. The van der Waals surface area contributed by atoms with Gasteiger partial charge < -0.3 is 10.3 Å². The van der Waals surface area contributed by atoms with Crippen molar-refractivity contribution in [3.8, 4) is 22.9 Å². The average Bonchev–Trinajstić information content (AvgIpc) is 3.31. The average molecular weight is 361 g/mol. The lowest BCUT2D eigenvalue weighted by molar-refractivity contribution is 0.613. The van der Waals surface area contributed by atoms with E-state index in [4.69, 9.17) is 5.73 Å². The summed E-state index contributed by atoms with van der Waals surface area (Å²) in [6.07, 6.45) is 7.13. The van der Waals surface area contributed by atoms with Gasteiger partial charge in [0.05, 0.1) is 11.4 Å². The van der Waals surface area contributed by atoms with Gasteiger partial charge in [0.1, 0.15) is 17.3 Å². The van der Waals surface area contributed by atoms with E-state index in [0.29, 0.717) is 28.7 Å². The summed E-state index contributed by atoms with van der Waals surface area (Å²) < 4.78 is 16.3. The molecule has 2 N–H and O–H groups in total. The first-order valence-electron chi connectivity index (χ1n) is 8.28. The van der Waals surface area contributed by atoms with Crippen LogP contribution in [-0.4, -0.2) is 29.8 Å². The van der Waals surface area contributed by atoms with Crippen LogP contribution < -0.4 is 5.73 Å². The van der Waals surface area contributed by atoms with Gasteiger partial charge in [0, 0.05) is 24.0 Å². The Bertz CT molecular complexity index is 1110. The first-order chi connectivity index (χ1) is 13.2. The molecule has 0 spiro atoms. The van der Waals surface area contributed by atoms with Crippen molar-refractivity contribution in [2.45, 2.75) is 6.92 Å². The Morgan fingerprint density at radius 3 is 2.78 bits per heavy atom. The number of rotatable bonds is 4. The zero-order valence-corrected chi connectivity index (χ0v) is 14.5. The van der Waals surface area contributed by atoms with E-state index in [1.165, 1.54) is 10.9 Å². The highest BCUT2D eigenvalue weighted by molar-refractivity contribution is 5.64. The molecule has 3 aromatic heterocycles. The summed E-state index contributed by atoms with van der Waals surface area (Å²) in [5, 5.41) is 12.2. The first-order valence-corrected chi connectivity index (χ1v) is 8.28. The van der Waals surface area contributed by atoms with Crippen LogP contribution in [-0.2, 0) is 0 Å². The van der Waals surface area contributed by atoms with Gasteiger partial charge in [0.15, 0.2) is 0 Å². The van der Waals surface area contributed by atoms with Gasteiger partial charge in [-0.2, -0.15) is 0 Å². The number of benzene rings is 1. The third kappa shape index (κ3) is 3.08. The van der Waals surface area contributed by atoms with E-state index in [-0.39, 0.29) is 0 Å². The molecule has 4 rings (SSSR count). The molecule has 0 atom stereocenters. The molecule has 0 fully saturated rings. The van der Waals surface area contributed by atoms with E-state index in [9.17, 15) is 4.39 Å². The van der Waals surface area contributed by atoms with Gasteiger partial charge in [-0.15, -0.1) is 15.0 Å². The van der Waals surface area contributed by atoms with Crippen LogP contribution in [0.2, 0.25) is 0 Å². The normalized spacial score (nSPS) is 11.3. The van der Waals surface area contributed by atoms with Crippen molar-refractivity contribution in [3.05, 3.63) is 72.3 Å². The zero-order valence-electron chi connectivity index (χ0n) is 14.5. The summed E-state index contributed by atoms with van der Waals surface area (Å²) in [5.74, 6) is 0.389. The van der Waals surface area contributed by atoms with Crippen LogP contribution in [0.3, 0.4) is 0 Å². The van der Waals surface area contributed by atoms with Crippen LogP contribution in [0.5, 0.6) is 0 Å². The maximum Gasteiger partial charge on any atom is 0.223 e. The van der Waals surface area contributed by atoms with Gasteiger partial charge in [-0.1, -0.05) is 18.2 Å². The maximum absolute atomic E-state index is 14.7. The number of hydrogen-bond donors (Lipinski definition) is 1. The number of nitrogens with zero attached hydrogens (tertiary/aromatic N) is 6. The van der Waals surface area contributed by atoms with Crippen molar-refractivity contribution >= 4 is 11.9 Å². The molecule has 27 heavy (non-hydrogen) atoms. The lowest BCUT2D eigenvalue weighted by atomic mass is 10.2. The molecule has 134 valence electrons. The van der Waals surface area contributed by atoms with Crippen molar-refractivity contribution in [3.63, 3.8) is 0 Å². The molecule has 7 nitrogen and oxygen atoms in total. The fourth-order valence-electron chi connectivity index (χ4n) is 2.73. The Morgan fingerprint density at radius 1 is 1.15 bits per heavy atom. The molecule has 8 heteroatoms. The van der Waals surface area contributed by atoms with Crippen LogP contribution in [0.15, 0.2) is 60.9 Å². The minimum absolute atomic E-state index is 0.345. The molecule has 3 heterocycles. The Kier molecular flexibility index (Phi) is 4.21. The molecule has 0 saturated heterocycles. The molecule has 4 aromatic rings. The Hall–Kier alpha value is -3.81. The number of halogens is 1. The molecule has 0 saturated carbocycles. The molecular formula is C19H16FN7. The van der Waals surface area contributed by atoms with Crippen molar-refractivity contribution in [2.24, 2.45) is 0 Å². The van der Waals surface area contributed by atoms with Gasteiger partial charge in [-0.05, 0) is 42.5 Å². The van der Waals surface area contributed by atoms with E-state index < -0.39 is 5.82 Å². The van der Waals surface area contributed by atoms with Gasteiger partial charge >= 0.3 is 0 Å². The van der Waals surface area contributed by atoms with Crippen molar-refractivity contribution in [1.29, 1.82) is 0 Å². The second-order valence-corrected chi connectivity index (χ2v) is 5.78. The quantitative estimate of drug-likeness (QED) is 0.603. The summed E-state index contributed by atoms with van der Waals surface area (Å²) in [5.41, 5.74) is 8.33. The van der Waals surface area contributed by atoms with Crippen LogP contribution in [0.25, 0.3) is 29.0 Å². The Labute approximate surface area is 154 Å². The number of nitrogen functional groups attached to an aromatic ring is 1. The number of tetrazole rings is 1. The Morgan fingerprint density at radius 2 is 2.04 bits per heavy atom. The number of aromatic nitrogens is 6. The number of allylic oxidation sites excluding steroid dienone is 1. The fourth-order valence-corrected chi connectivity index (χ4v) is 2.73. The lowest BCUT2D eigenvalue weighted by Crippen LogP contribution is -2.05. The van der Waals surface area contributed by atoms with Crippen LogP contribution in [0.4, 0.5) is 10.2 Å². The molecule has 0 unspecified atom stereocenters. The van der Waals surface area contributed by atoms with E-state index in [2.05, 4.69) is 20.4 Å². The molecular weight excluding hydrogens is 345 g/mol. The molecule has 0 amide bonds. The molecule has 0 aliphatic heterocycles. The molecule has 0 radical (unpaired) electrons. The van der Waals surface area contributed by atoms with Crippen molar-refractivity contribution < 1.29 is 4.39 Å². The van der Waals surface area contributed by atoms with Crippen molar-refractivity contribution in [1.82, 2.24) is 29.8 Å². The second-order valence-electron chi connectivity index (χ2n) is 5.78. The molecule has 0 aliphatic carbocycles. The van der Waals surface area contributed by atoms with Gasteiger partial charge in [0.2, 0.25) is 5.82 Å². The lowest BCUT2D eigenvalue weighted by Gasteiger charge is -2.09. The summed E-state index contributed by atoms with van der Waals surface area (Å²) in [6, 6.07) is 11.9. The number of nitrogens with two attached hydrogens (primary N) is 1. The predicted molar refractivity (Wildman–Crippen MR) is 101 cm³/mol. The monoisotopic (exact) mass is 361 g/mol. The first kappa shape index (κ1) is 16.6.